The number of amides is 2. The minimum Gasteiger partial charge on any atom is -0.497 e. The van der Waals surface area contributed by atoms with Crippen molar-refractivity contribution < 1.29 is 19.1 Å². The lowest BCUT2D eigenvalue weighted by atomic mass is 10.1. The average Bonchev–Trinajstić information content (AvgIpc) is 2.72. The molecular formula is C21H26ClN3O4. The third-order valence-electron chi connectivity index (χ3n) is 4.48. The van der Waals surface area contributed by atoms with Gasteiger partial charge in [-0.2, -0.15) is 0 Å². The van der Waals surface area contributed by atoms with Gasteiger partial charge in [-0.05, 0) is 43.3 Å². The van der Waals surface area contributed by atoms with Crippen LogP contribution >= 0.6 is 12.4 Å². The van der Waals surface area contributed by atoms with E-state index in [1.165, 1.54) is 0 Å². The highest BCUT2D eigenvalue weighted by Gasteiger charge is 2.21. The summed E-state index contributed by atoms with van der Waals surface area (Å²) < 4.78 is 10.6. The monoisotopic (exact) mass is 419 g/mol. The number of hydrogen-bond donors (Lipinski definition) is 2. The van der Waals surface area contributed by atoms with Crippen LogP contribution in [0.2, 0.25) is 0 Å². The van der Waals surface area contributed by atoms with E-state index in [4.69, 9.17) is 9.47 Å². The SMILES string of the molecule is COc1cccc(NC(=O)COc2ccc(C(=O)N3CCNC(C)C3)cc2)c1.Cl. The fraction of sp³-hybridized carbons (Fsp3) is 0.333. The largest absolute Gasteiger partial charge is 0.497 e. The summed E-state index contributed by atoms with van der Waals surface area (Å²) in [6.45, 7) is 4.14. The molecule has 2 N–H and O–H groups in total. The first-order valence-corrected chi connectivity index (χ1v) is 9.24. The number of carbonyl (C=O) groups excluding carboxylic acids is 2. The number of nitrogens with zero attached hydrogens (tertiary/aromatic N) is 1. The molecule has 0 radical (unpaired) electrons. The summed E-state index contributed by atoms with van der Waals surface area (Å²) in [7, 11) is 1.57. The highest BCUT2D eigenvalue weighted by Crippen LogP contribution is 2.17. The van der Waals surface area contributed by atoms with E-state index in [1.54, 1.807) is 55.6 Å². The van der Waals surface area contributed by atoms with E-state index in [-0.39, 0.29) is 30.8 Å². The summed E-state index contributed by atoms with van der Waals surface area (Å²) in [5.74, 6) is 0.933. The molecule has 1 saturated heterocycles. The predicted octanol–water partition coefficient (Wildman–Crippen LogP) is 2.57. The molecule has 1 aliphatic rings. The molecule has 2 aromatic rings. The standard InChI is InChI=1S/C21H25N3O4.ClH/c1-15-13-24(11-10-22-15)21(26)16-6-8-18(9-7-16)28-14-20(25)23-17-4-3-5-19(12-17)27-2;/h3-9,12,15,22H,10-11,13-14H2,1-2H3,(H,23,25);1H. The van der Waals surface area contributed by atoms with E-state index in [9.17, 15) is 9.59 Å². The van der Waals surface area contributed by atoms with Gasteiger partial charge >= 0.3 is 0 Å². The number of rotatable bonds is 6. The highest BCUT2D eigenvalue weighted by molar-refractivity contribution is 5.94. The maximum Gasteiger partial charge on any atom is 0.262 e. The maximum absolute atomic E-state index is 12.6. The number of anilines is 1. The van der Waals surface area contributed by atoms with Crippen LogP contribution in [0.3, 0.4) is 0 Å². The molecule has 0 aromatic heterocycles. The van der Waals surface area contributed by atoms with Gasteiger partial charge in [0.2, 0.25) is 0 Å². The first-order chi connectivity index (χ1) is 13.5. The van der Waals surface area contributed by atoms with Gasteiger partial charge < -0.3 is 25.0 Å². The number of benzene rings is 2. The molecule has 2 aromatic carbocycles. The second kappa shape index (κ2) is 10.7. The number of nitrogens with one attached hydrogen (secondary N) is 2. The number of methoxy groups -OCH3 is 1. The molecule has 1 heterocycles. The lowest BCUT2D eigenvalue weighted by molar-refractivity contribution is -0.118. The average molecular weight is 420 g/mol. The Bertz CT molecular complexity index is 829. The third kappa shape index (κ3) is 6.37. The van der Waals surface area contributed by atoms with Crippen LogP contribution < -0.4 is 20.1 Å². The first-order valence-electron chi connectivity index (χ1n) is 9.24. The van der Waals surface area contributed by atoms with Crippen molar-refractivity contribution in [1.82, 2.24) is 10.2 Å². The number of carbonyl (C=O) groups is 2. The molecule has 2 amide bonds. The third-order valence-corrected chi connectivity index (χ3v) is 4.48. The number of halogens is 1. The molecule has 29 heavy (non-hydrogen) atoms. The van der Waals surface area contributed by atoms with E-state index in [0.717, 1.165) is 6.54 Å². The van der Waals surface area contributed by atoms with Crippen molar-refractivity contribution >= 4 is 29.9 Å². The van der Waals surface area contributed by atoms with Crippen molar-refractivity contribution in [3.63, 3.8) is 0 Å². The van der Waals surface area contributed by atoms with Crippen LogP contribution in [0.15, 0.2) is 48.5 Å². The van der Waals surface area contributed by atoms with Crippen LogP contribution in [-0.4, -0.2) is 56.1 Å². The highest BCUT2D eigenvalue weighted by atomic mass is 35.5. The summed E-state index contributed by atoms with van der Waals surface area (Å²) in [6.07, 6.45) is 0. The zero-order valence-electron chi connectivity index (χ0n) is 16.5. The molecule has 1 fully saturated rings. The Kier molecular flexibility index (Phi) is 8.30. The molecule has 0 saturated carbocycles. The predicted molar refractivity (Wildman–Crippen MR) is 114 cm³/mol. The van der Waals surface area contributed by atoms with Gasteiger partial charge in [-0.15, -0.1) is 12.4 Å². The number of piperazine rings is 1. The molecule has 0 bridgehead atoms. The van der Waals surface area contributed by atoms with E-state index in [0.29, 0.717) is 41.9 Å². The topological polar surface area (TPSA) is 79.9 Å². The Morgan fingerprint density at radius 1 is 1.17 bits per heavy atom. The van der Waals surface area contributed by atoms with Crippen molar-refractivity contribution in [3.05, 3.63) is 54.1 Å². The van der Waals surface area contributed by atoms with Gasteiger partial charge in [0.05, 0.1) is 7.11 Å². The Balaban J connectivity index is 0.00000300. The van der Waals surface area contributed by atoms with Crippen molar-refractivity contribution in [3.8, 4) is 11.5 Å². The fourth-order valence-electron chi connectivity index (χ4n) is 3.04. The van der Waals surface area contributed by atoms with Gasteiger partial charge in [-0.3, -0.25) is 9.59 Å². The van der Waals surface area contributed by atoms with Gasteiger partial charge in [0.1, 0.15) is 11.5 Å². The zero-order valence-corrected chi connectivity index (χ0v) is 17.3. The summed E-state index contributed by atoms with van der Waals surface area (Å²) >= 11 is 0. The van der Waals surface area contributed by atoms with E-state index < -0.39 is 0 Å². The van der Waals surface area contributed by atoms with Crippen molar-refractivity contribution in [1.29, 1.82) is 0 Å². The number of hydrogen-bond acceptors (Lipinski definition) is 5. The molecule has 3 rings (SSSR count). The Hall–Kier alpha value is -2.77. The van der Waals surface area contributed by atoms with Gasteiger partial charge in [0.25, 0.3) is 11.8 Å². The normalized spacial score (nSPS) is 15.8. The summed E-state index contributed by atoms with van der Waals surface area (Å²) in [5, 5.41) is 6.07. The lowest BCUT2D eigenvalue weighted by Crippen LogP contribution is -2.51. The van der Waals surface area contributed by atoms with Gasteiger partial charge in [0, 0.05) is 43.0 Å². The van der Waals surface area contributed by atoms with Crippen molar-refractivity contribution in [2.24, 2.45) is 0 Å². The van der Waals surface area contributed by atoms with Gasteiger partial charge in [-0.1, -0.05) is 6.07 Å². The van der Waals surface area contributed by atoms with Gasteiger partial charge in [0.15, 0.2) is 6.61 Å². The van der Waals surface area contributed by atoms with Crippen molar-refractivity contribution in [2.75, 3.05) is 38.7 Å². The van der Waals surface area contributed by atoms with Crippen LogP contribution in [0.1, 0.15) is 17.3 Å². The molecule has 156 valence electrons. The van der Waals surface area contributed by atoms with Crippen LogP contribution in [0, 0.1) is 0 Å². The Labute approximate surface area is 176 Å². The van der Waals surface area contributed by atoms with Gasteiger partial charge in [-0.25, -0.2) is 0 Å². The van der Waals surface area contributed by atoms with Crippen LogP contribution in [0.25, 0.3) is 0 Å². The summed E-state index contributed by atoms with van der Waals surface area (Å²) in [6, 6.07) is 14.3. The van der Waals surface area contributed by atoms with Crippen LogP contribution in [0.4, 0.5) is 5.69 Å². The van der Waals surface area contributed by atoms with Crippen molar-refractivity contribution in [2.45, 2.75) is 13.0 Å². The molecule has 7 nitrogen and oxygen atoms in total. The van der Waals surface area contributed by atoms with Crippen LogP contribution in [0.5, 0.6) is 11.5 Å². The fourth-order valence-corrected chi connectivity index (χ4v) is 3.04. The number of ether oxygens (including phenoxy) is 2. The minimum atomic E-state index is -0.275. The molecular weight excluding hydrogens is 394 g/mol. The Morgan fingerprint density at radius 3 is 2.62 bits per heavy atom. The molecule has 0 aliphatic carbocycles. The molecule has 0 spiro atoms. The summed E-state index contributed by atoms with van der Waals surface area (Å²) in [4.78, 5) is 26.5. The molecule has 8 heteroatoms. The maximum atomic E-state index is 12.6. The lowest BCUT2D eigenvalue weighted by Gasteiger charge is -2.32. The second-order valence-corrected chi connectivity index (χ2v) is 6.70. The summed E-state index contributed by atoms with van der Waals surface area (Å²) in [5.41, 5.74) is 1.25. The van der Waals surface area contributed by atoms with E-state index >= 15 is 0 Å². The molecule has 1 unspecified atom stereocenters. The smallest absolute Gasteiger partial charge is 0.262 e. The van der Waals surface area contributed by atoms with Crippen LogP contribution in [-0.2, 0) is 4.79 Å². The zero-order chi connectivity index (χ0) is 19.9. The van der Waals surface area contributed by atoms with E-state index in [1.807, 2.05) is 4.90 Å². The molecule has 1 aliphatic heterocycles. The quantitative estimate of drug-likeness (QED) is 0.752. The molecule has 1 atom stereocenters. The minimum absolute atomic E-state index is 0. The van der Waals surface area contributed by atoms with E-state index in [2.05, 4.69) is 17.6 Å². The first kappa shape index (κ1) is 22.5. The Morgan fingerprint density at radius 2 is 1.93 bits per heavy atom. The second-order valence-electron chi connectivity index (χ2n) is 6.70.